The molecule has 156 valence electrons. The van der Waals surface area contributed by atoms with E-state index in [1.807, 2.05) is 12.1 Å². The molecule has 0 unspecified atom stereocenters. The predicted octanol–water partition coefficient (Wildman–Crippen LogP) is 1.70. The lowest BCUT2D eigenvalue weighted by molar-refractivity contribution is -0.917. The fraction of sp³-hybridized carbons (Fsp3) is 0.409. The number of methoxy groups -OCH3 is 3. The third-order valence-corrected chi connectivity index (χ3v) is 5.40. The Morgan fingerprint density at radius 3 is 2.31 bits per heavy atom. The fourth-order valence-corrected chi connectivity index (χ4v) is 3.68. The quantitative estimate of drug-likeness (QED) is 0.798. The fourth-order valence-electron chi connectivity index (χ4n) is 3.68. The minimum Gasteiger partial charge on any atom is -0.493 e. The third kappa shape index (κ3) is 4.45. The molecule has 2 aromatic carbocycles. The highest BCUT2D eigenvalue weighted by Gasteiger charge is 2.27. The number of benzene rings is 2. The third-order valence-electron chi connectivity index (χ3n) is 5.40. The minimum absolute atomic E-state index is 0.119. The van der Waals surface area contributed by atoms with Gasteiger partial charge in [0.2, 0.25) is 5.75 Å². The summed E-state index contributed by atoms with van der Waals surface area (Å²) in [5.41, 5.74) is 1.97. The van der Waals surface area contributed by atoms with Gasteiger partial charge in [-0.25, -0.2) is 4.39 Å². The maximum Gasteiger partial charge on any atom is 0.254 e. The summed E-state index contributed by atoms with van der Waals surface area (Å²) < 4.78 is 30.2. The van der Waals surface area contributed by atoms with Crippen molar-refractivity contribution in [2.45, 2.75) is 13.5 Å². The van der Waals surface area contributed by atoms with Crippen LogP contribution in [0.4, 0.5) is 4.39 Å². The number of nitrogens with zero attached hydrogens (tertiary/aromatic N) is 1. The van der Waals surface area contributed by atoms with Crippen molar-refractivity contribution in [1.29, 1.82) is 0 Å². The Morgan fingerprint density at radius 1 is 1.03 bits per heavy atom. The normalized spacial score (nSPS) is 14.6. The Balaban J connectivity index is 1.65. The first-order chi connectivity index (χ1) is 14.0. The van der Waals surface area contributed by atoms with Crippen LogP contribution in [0.25, 0.3) is 0 Å². The van der Waals surface area contributed by atoms with E-state index in [1.165, 1.54) is 11.0 Å². The summed E-state index contributed by atoms with van der Waals surface area (Å²) >= 11 is 0. The van der Waals surface area contributed by atoms with Gasteiger partial charge in [0.05, 0.1) is 53.1 Å². The average Bonchev–Trinajstić information content (AvgIpc) is 2.75. The number of hydrogen-bond donors (Lipinski definition) is 1. The molecule has 1 heterocycles. The van der Waals surface area contributed by atoms with Crippen LogP contribution in [0, 0.1) is 12.7 Å². The van der Waals surface area contributed by atoms with Crippen molar-refractivity contribution >= 4 is 5.91 Å². The Morgan fingerprint density at radius 2 is 1.72 bits per heavy atom. The molecule has 1 saturated heterocycles. The molecule has 1 aliphatic rings. The highest BCUT2D eigenvalue weighted by molar-refractivity contribution is 5.94. The molecular weight excluding hydrogens is 375 g/mol. The predicted molar refractivity (Wildman–Crippen MR) is 108 cm³/mol. The van der Waals surface area contributed by atoms with E-state index in [9.17, 15) is 9.18 Å². The SMILES string of the molecule is COc1ccc(C[NH+]2CCN(C(=O)c3ccc(C)c(F)c3)CC2)c(OC)c1OC. The number of aryl methyl sites for hydroxylation is 1. The van der Waals surface area contributed by atoms with Crippen LogP contribution in [0.3, 0.4) is 0 Å². The molecule has 3 rings (SSSR count). The molecule has 0 aliphatic carbocycles. The van der Waals surface area contributed by atoms with Gasteiger partial charge in [-0.2, -0.15) is 0 Å². The van der Waals surface area contributed by atoms with E-state index in [0.717, 1.165) is 25.2 Å². The number of carbonyl (C=O) groups excluding carboxylic acids is 1. The lowest BCUT2D eigenvalue weighted by atomic mass is 10.1. The van der Waals surface area contributed by atoms with E-state index >= 15 is 0 Å². The van der Waals surface area contributed by atoms with Crippen molar-refractivity contribution in [3.05, 3.63) is 52.8 Å². The van der Waals surface area contributed by atoms with Gasteiger partial charge in [0.25, 0.3) is 5.91 Å². The second-order valence-corrected chi connectivity index (χ2v) is 7.18. The van der Waals surface area contributed by atoms with Gasteiger partial charge in [-0.3, -0.25) is 4.79 Å². The number of ether oxygens (including phenoxy) is 3. The second kappa shape index (κ2) is 9.13. The van der Waals surface area contributed by atoms with Gasteiger partial charge in [0, 0.05) is 5.56 Å². The average molecular weight is 403 g/mol. The van der Waals surface area contributed by atoms with Crippen LogP contribution in [-0.2, 0) is 6.54 Å². The highest BCUT2D eigenvalue weighted by atomic mass is 19.1. The van der Waals surface area contributed by atoms with Gasteiger partial charge >= 0.3 is 0 Å². The largest absolute Gasteiger partial charge is 0.493 e. The molecule has 0 aromatic heterocycles. The van der Waals surface area contributed by atoms with Crippen LogP contribution in [-0.4, -0.2) is 58.3 Å². The summed E-state index contributed by atoms with van der Waals surface area (Å²) in [5.74, 6) is 1.42. The zero-order valence-electron chi connectivity index (χ0n) is 17.4. The topological polar surface area (TPSA) is 52.4 Å². The van der Waals surface area contributed by atoms with Crippen molar-refractivity contribution in [3.8, 4) is 17.2 Å². The maximum atomic E-state index is 13.8. The van der Waals surface area contributed by atoms with Crippen LogP contribution in [0.5, 0.6) is 17.2 Å². The van der Waals surface area contributed by atoms with Crippen molar-refractivity contribution in [2.75, 3.05) is 47.5 Å². The van der Waals surface area contributed by atoms with Crippen molar-refractivity contribution in [3.63, 3.8) is 0 Å². The molecule has 1 aliphatic heterocycles. The zero-order valence-corrected chi connectivity index (χ0v) is 17.4. The van der Waals surface area contributed by atoms with Crippen LogP contribution in [0.2, 0.25) is 0 Å². The number of amides is 1. The van der Waals surface area contributed by atoms with Crippen molar-refractivity contribution in [1.82, 2.24) is 4.90 Å². The summed E-state index contributed by atoms with van der Waals surface area (Å²) in [6.45, 7) is 5.30. The smallest absolute Gasteiger partial charge is 0.254 e. The molecule has 7 heteroatoms. The first-order valence-electron chi connectivity index (χ1n) is 9.65. The van der Waals surface area contributed by atoms with E-state index in [-0.39, 0.29) is 11.7 Å². The molecule has 0 spiro atoms. The first kappa shape index (κ1) is 20.9. The van der Waals surface area contributed by atoms with E-state index in [0.29, 0.717) is 41.5 Å². The standard InChI is InChI=1S/C22H27FN2O4/c1-15-5-6-16(13-18(15)23)22(26)25-11-9-24(10-12-25)14-17-7-8-19(27-2)21(29-4)20(17)28-3/h5-8,13H,9-12,14H2,1-4H3/p+1. The van der Waals surface area contributed by atoms with Gasteiger partial charge in [-0.1, -0.05) is 6.07 Å². The Kier molecular flexibility index (Phi) is 6.59. The lowest BCUT2D eigenvalue weighted by Crippen LogP contribution is -3.13. The van der Waals surface area contributed by atoms with Gasteiger partial charge < -0.3 is 24.0 Å². The Hall–Kier alpha value is -2.80. The molecule has 29 heavy (non-hydrogen) atoms. The summed E-state index contributed by atoms with van der Waals surface area (Å²) in [6, 6.07) is 8.52. The molecule has 0 radical (unpaired) electrons. The van der Waals surface area contributed by atoms with E-state index < -0.39 is 0 Å². The summed E-state index contributed by atoms with van der Waals surface area (Å²) in [4.78, 5) is 15.8. The minimum atomic E-state index is -0.347. The van der Waals surface area contributed by atoms with Gasteiger partial charge in [-0.05, 0) is 36.8 Å². The highest BCUT2D eigenvalue weighted by Crippen LogP contribution is 2.39. The summed E-state index contributed by atoms with van der Waals surface area (Å²) in [5, 5.41) is 0. The van der Waals surface area contributed by atoms with Crippen LogP contribution in [0.1, 0.15) is 21.5 Å². The van der Waals surface area contributed by atoms with E-state index in [2.05, 4.69) is 0 Å². The monoisotopic (exact) mass is 403 g/mol. The molecule has 1 amide bonds. The number of quaternary nitrogens is 1. The Labute approximate surface area is 170 Å². The van der Waals surface area contributed by atoms with Gasteiger partial charge in [-0.15, -0.1) is 0 Å². The maximum absolute atomic E-state index is 13.8. The molecule has 6 nitrogen and oxygen atoms in total. The number of piperazine rings is 1. The molecule has 1 fully saturated rings. The number of nitrogens with one attached hydrogen (secondary N) is 1. The molecule has 2 aromatic rings. The van der Waals surface area contributed by atoms with Crippen LogP contribution in [0.15, 0.2) is 30.3 Å². The van der Waals surface area contributed by atoms with E-state index in [1.54, 1.807) is 45.3 Å². The Bertz CT molecular complexity index is 879. The zero-order chi connectivity index (χ0) is 21.0. The van der Waals surface area contributed by atoms with Crippen LogP contribution >= 0.6 is 0 Å². The molecule has 0 atom stereocenters. The van der Waals surface area contributed by atoms with Crippen molar-refractivity contribution in [2.24, 2.45) is 0 Å². The summed E-state index contributed by atoms with van der Waals surface area (Å²) in [6.07, 6.45) is 0. The van der Waals surface area contributed by atoms with E-state index in [4.69, 9.17) is 14.2 Å². The van der Waals surface area contributed by atoms with Gasteiger partial charge in [0.15, 0.2) is 11.5 Å². The number of rotatable bonds is 6. The first-order valence-corrected chi connectivity index (χ1v) is 9.65. The summed E-state index contributed by atoms with van der Waals surface area (Å²) in [7, 11) is 4.81. The molecule has 0 saturated carbocycles. The van der Waals surface area contributed by atoms with Gasteiger partial charge in [0.1, 0.15) is 12.4 Å². The van der Waals surface area contributed by atoms with Crippen LogP contribution < -0.4 is 19.1 Å². The lowest BCUT2D eigenvalue weighted by Gasteiger charge is -2.32. The van der Waals surface area contributed by atoms with Crippen molar-refractivity contribution < 1.29 is 28.3 Å². The molecule has 1 N–H and O–H groups in total. The number of halogens is 1. The second-order valence-electron chi connectivity index (χ2n) is 7.18. The molecular formula is C22H28FN2O4+. The number of hydrogen-bond acceptors (Lipinski definition) is 4. The molecule has 0 bridgehead atoms. The number of carbonyl (C=O) groups is 1.